The maximum Gasteiger partial charge on any atom is 0.305 e. The number of aliphatic hydroxyl groups is 2. The fraction of sp³-hybridized carbons (Fsp3) is 0.905. The van der Waals surface area contributed by atoms with Gasteiger partial charge in [0.15, 0.2) is 0 Å². The average molecular weight is 973 g/mol. The molecule has 2 atom stereocenters. The first kappa shape index (κ1) is 67.3. The van der Waals surface area contributed by atoms with Gasteiger partial charge in [-0.25, -0.2) is 0 Å². The van der Waals surface area contributed by atoms with Crippen LogP contribution in [0.3, 0.4) is 0 Å². The molecule has 0 spiro atoms. The molecule has 0 fully saturated rings. The third kappa shape index (κ3) is 55.5. The molecule has 3 N–H and O–H groups in total. The molecule has 0 saturated heterocycles. The van der Waals surface area contributed by atoms with E-state index in [1.165, 1.54) is 257 Å². The molecule has 408 valence electrons. The molecule has 0 aliphatic carbocycles. The van der Waals surface area contributed by atoms with Gasteiger partial charge in [0.2, 0.25) is 5.91 Å². The van der Waals surface area contributed by atoms with Gasteiger partial charge in [-0.1, -0.05) is 295 Å². The third-order valence-corrected chi connectivity index (χ3v) is 14.5. The quantitative estimate of drug-likeness (QED) is 0.0321. The molecule has 6 nitrogen and oxygen atoms in total. The zero-order valence-electron chi connectivity index (χ0n) is 46.6. The number of hydrogen-bond acceptors (Lipinski definition) is 5. The largest absolute Gasteiger partial charge is 0.466 e. The summed E-state index contributed by atoms with van der Waals surface area (Å²) in [7, 11) is 0. The summed E-state index contributed by atoms with van der Waals surface area (Å²) >= 11 is 0. The number of ether oxygens (including phenoxy) is 1. The van der Waals surface area contributed by atoms with Crippen molar-refractivity contribution < 1.29 is 24.5 Å². The Morgan fingerprint density at radius 1 is 0.406 bits per heavy atom. The first-order valence-corrected chi connectivity index (χ1v) is 31.1. The van der Waals surface area contributed by atoms with Gasteiger partial charge in [-0.05, 0) is 57.8 Å². The number of amides is 1. The van der Waals surface area contributed by atoms with Crippen molar-refractivity contribution in [3.8, 4) is 0 Å². The van der Waals surface area contributed by atoms with Crippen LogP contribution in [0.4, 0.5) is 0 Å². The average Bonchev–Trinajstić information content (AvgIpc) is 3.35. The molecule has 0 aliphatic heterocycles. The Labute approximate surface area is 431 Å². The number of nitrogens with one attached hydrogen (secondary N) is 1. The highest BCUT2D eigenvalue weighted by Crippen LogP contribution is 2.18. The van der Waals surface area contributed by atoms with Crippen LogP contribution in [-0.2, 0) is 14.3 Å². The van der Waals surface area contributed by atoms with Crippen molar-refractivity contribution in [1.29, 1.82) is 0 Å². The summed E-state index contributed by atoms with van der Waals surface area (Å²) in [4.78, 5) is 24.6. The molecule has 69 heavy (non-hydrogen) atoms. The van der Waals surface area contributed by atoms with Gasteiger partial charge >= 0.3 is 5.97 Å². The van der Waals surface area contributed by atoms with Crippen LogP contribution in [0.5, 0.6) is 0 Å². The van der Waals surface area contributed by atoms with Crippen molar-refractivity contribution in [3.63, 3.8) is 0 Å². The Balaban J connectivity index is 3.42. The lowest BCUT2D eigenvalue weighted by Gasteiger charge is -2.22. The van der Waals surface area contributed by atoms with E-state index in [4.69, 9.17) is 4.74 Å². The molecule has 1 amide bonds. The van der Waals surface area contributed by atoms with E-state index >= 15 is 0 Å². The lowest BCUT2D eigenvalue weighted by atomic mass is 10.0. The fourth-order valence-corrected chi connectivity index (χ4v) is 9.73. The second-order valence-corrected chi connectivity index (χ2v) is 21.4. The summed E-state index contributed by atoms with van der Waals surface area (Å²) in [5, 5.41) is 23.4. The molecular formula is C63H121NO5. The standard InChI is InChI=1S/C63H121NO5/c1-3-5-7-9-11-13-15-17-19-21-22-24-27-31-35-39-43-47-51-55-61(66)60(59-65)64-62(67)56-52-48-44-40-36-32-28-25-26-30-34-38-42-46-50-54-58-69-63(68)57-53-49-45-41-37-33-29-23-20-18-16-14-12-10-8-6-4-2/h12,14,18,20,60-61,65-66H,3-11,13,15-17,19,21-59H2,1-2H3,(H,64,67)/b14-12-,20-18-. The number of unbranched alkanes of at least 4 members (excludes halogenated alkanes) is 43. The van der Waals surface area contributed by atoms with Crippen molar-refractivity contribution in [1.82, 2.24) is 5.32 Å². The van der Waals surface area contributed by atoms with E-state index in [9.17, 15) is 19.8 Å². The van der Waals surface area contributed by atoms with E-state index in [0.29, 0.717) is 25.9 Å². The van der Waals surface area contributed by atoms with Crippen molar-refractivity contribution in [3.05, 3.63) is 24.3 Å². The van der Waals surface area contributed by atoms with Gasteiger partial charge < -0.3 is 20.3 Å². The second-order valence-electron chi connectivity index (χ2n) is 21.4. The number of carbonyl (C=O) groups excluding carboxylic acids is 2. The minimum Gasteiger partial charge on any atom is -0.466 e. The van der Waals surface area contributed by atoms with E-state index in [2.05, 4.69) is 43.5 Å². The van der Waals surface area contributed by atoms with Crippen LogP contribution in [0.2, 0.25) is 0 Å². The van der Waals surface area contributed by atoms with E-state index in [1.807, 2.05) is 0 Å². The van der Waals surface area contributed by atoms with Crippen molar-refractivity contribution >= 4 is 11.9 Å². The van der Waals surface area contributed by atoms with Crippen LogP contribution in [0.15, 0.2) is 24.3 Å². The Morgan fingerprint density at radius 2 is 0.725 bits per heavy atom. The molecule has 2 unspecified atom stereocenters. The highest BCUT2D eigenvalue weighted by Gasteiger charge is 2.20. The number of carbonyl (C=O) groups is 2. The zero-order chi connectivity index (χ0) is 50.0. The fourth-order valence-electron chi connectivity index (χ4n) is 9.73. The van der Waals surface area contributed by atoms with Gasteiger partial charge in [0, 0.05) is 12.8 Å². The van der Waals surface area contributed by atoms with Crippen molar-refractivity contribution in [2.45, 2.75) is 353 Å². The van der Waals surface area contributed by atoms with E-state index in [-0.39, 0.29) is 18.5 Å². The smallest absolute Gasteiger partial charge is 0.305 e. The lowest BCUT2D eigenvalue weighted by Crippen LogP contribution is -2.45. The summed E-state index contributed by atoms with van der Waals surface area (Å²) in [5.41, 5.74) is 0. The van der Waals surface area contributed by atoms with Gasteiger partial charge in [-0.3, -0.25) is 9.59 Å². The lowest BCUT2D eigenvalue weighted by molar-refractivity contribution is -0.143. The van der Waals surface area contributed by atoms with Crippen LogP contribution in [-0.4, -0.2) is 47.4 Å². The van der Waals surface area contributed by atoms with Crippen molar-refractivity contribution in [2.75, 3.05) is 13.2 Å². The highest BCUT2D eigenvalue weighted by atomic mass is 16.5. The van der Waals surface area contributed by atoms with Gasteiger partial charge in [0.05, 0.1) is 25.4 Å². The van der Waals surface area contributed by atoms with Crippen molar-refractivity contribution in [2.24, 2.45) is 0 Å². The Hall–Kier alpha value is -1.66. The van der Waals surface area contributed by atoms with Gasteiger partial charge in [0.1, 0.15) is 0 Å². The van der Waals surface area contributed by atoms with Crippen LogP contribution in [0.1, 0.15) is 341 Å². The van der Waals surface area contributed by atoms with Crippen LogP contribution >= 0.6 is 0 Å². The minimum absolute atomic E-state index is 0.00379. The SMILES string of the molecule is CCCCC/C=C\C/C=C\CCCCCCCCCC(=O)OCCCCCCCCCCCCCCCCCCC(=O)NC(CO)C(O)CCCCCCCCCCCCCCCCCCCCC. The predicted octanol–water partition coefficient (Wildman–Crippen LogP) is 19.4. The monoisotopic (exact) mass is 972 g/mol. The van der Waals surface area contributed by atoms with Crippen LogP contribution in [0, 0.1) is 0 Å². The molecule has 0 aromatic rings. The first-order valence-electron chi connectivity index (χ1n) is 31.1. The zero-order valence-corrected chi connectivity index (χ0v) is 46.6. The molecule has 0 rings (SSSR count). The first-order chi connectivity index (χ1) is 34.0. The van der Waals surface area contributed by atoms with E-state index < -0.39 is 12.1 Å². The minimum atomic E-state index is -0.670. The van der Waals surface area contributed by atoms with Crippen LogP contribution < -0.4 is 5.32 Å². The number of allylic oxidation sites excluding steroid dienone is 4. The number of hydrogen-bond donors (Lipinski definition) is 3. The van der Waals surface area contributed by atoms with E-state index in [0.717, 1.165) is 51.4 Å². The number of esters is 1. The number of aliphatic hydroxyl groups excluding tert-OH is 2. The molecule has 6 heteroatoms. The summed E-state index contributed by atoms with van der Waals surface area (Å²) in [5.74, 6) is -0.0428. The van der Waals surface area contributed by atoms with Gasteiger partial charge in [-0.2, -0.15) is 0 Å². The molecule has 0 radical (unpaired) electrons. The Morgan fingerprint density at radius 3 is 1.13 bits per heavy atom. The maximum absolute atomic E-state index is 12.5. The van der Waals surface area contributed by atoms with Gasteiger partial charge in [0.25, 0.3) is 0 Å². The van der Waals surface area contributed by atoms with E-state index in [1.54, 1.807) is 0 Å². The molecule has 0 aromatic heterocycles. The molecule has 0 bridgehead atoms. The molecule has 0 aliphatic rings. The third-order valence-electron chi connectivity index (χ3n) is 14.5. The molecule has 0 saturated carbocycles. The molecule has 0 aromatic carbocycles. The normalized spacial score (nSPS) is 12.7. The van der Waals surface area contributed by atoms with Crippen LogP contribution in [0.25, 0.3) is 0 Å². The summed E-state index contributed by atoms with van der Waals surface area (Å²) in [6.45, 7) is 4.94. The predicted molar refractivity (Wildman–Crippen MR) is 301 cm³/mol. The second kappa shape index (κ2) is 58.9. The summed E-state index contributed by atoms with van der Waals surface area (Å²) in [6.07, 6.45) is 71.7. The maximum atomic E-state index is 12.5. The number of rotatable bonds is 58. The summed E-state index contributed by atoms with van der Waals surface area (Å²) < 4.78 is 5.48. The van der Waals surface area contributed by atoms with Gasteiger partial charge in [-0.15, -0.1) is 0 Å². The molecule has 0 heterocycles. The molecular weight excluding hydrogens is 851 g/mol. The topological polar surface area (TPSA) is 95.9 Å². The Bertz CT molecular complexity index is 1080. The highest BCUT2D eigenvalue weighted by molar-refractivity contribution is 5.76. The summed E-state index contributed by atoms with van der Waals surface area (Å²) in [6, 6.07) is -0.548. The Kier molecular flexibility index (Phi) is 57.5.